The SMILES string of the molecule is COCC1CCCN(C(CN)c2cccc(F)c2F)C1. The fraction of sp³-hybridized carbons (Fsp3) is 0.600. The molecule has 0 amide bonds. The molecule has 0 radical (unpaired) electrons. The molecule has 1 aromatic rings. The van der Waals surface area contributed by atoms with Crippen LogP contribution in [-0.2, 0) is 4.74 Å². The third-order valence-corrected chi connectivity index (χ3v) is 3.96. The largest absolute Gasteiger partial charge is 0.384 e. The Morgan fingerprint density at radius 1 is 1.45 bits per heavy atom. The Morgan fingerprint density at radius 3 is 2.95 bits per heavy atom. The van der Waals surface area contributed by atoms with Crippen molar-refractivity contribution in [1.82, 2.24) is 4.90 Å². The minimum absolute atomic E-state index is 0.273. The van der Waals surface area contributed by atoms with Crippen LogP contribution in [0.5, 0.6) is 0 Å². The summed E-state index contributed by atoms with van der Waals surface area (Å²) in [5, 5.41) is 0. The molecule has 2 unspecified atom stereocenters. The summed E-state index contributed by atoms with van der Waals surface area (Å²) in [6.45, 7) is 2.64. The Labute approximate surface area is 118 Å². The van der Waals surface area contributed by atoms with Crippen molar-refractivity contribution in [3.63, 3.8) is 0 Å². The number of methoxy groups -OCH3 is 1. The van der Waals surface area contributed by atoms with E-state index in [2.05, 4.69) is 4.90 Å². The van der Waals surface area contributed by atoms with Crippen molar-refractivity contribution in [2.24, 2.45) is 11.7 Å². The first-order valence-corrected chi connectivity index (χ1v) is 7.04. The Morgan fingerprint density at radius 2 is 2.25 bits per heavy atom. The molecule has 20 heavy (non-hydrogen) atoms. The first kappa shape index (κ1) is 15.4. The van der Waals surface area contributed by atoms with Gasteiger partial charge in [-0.1, -0.05) is 12.1 Å². The standard InChI is InChI=1S/C15H22F2N2O/c1-20-10-11-4-3-7-19(9-11)14(8-18)12-5-2-6-13(16)15(12)17/h2,5-6,11,14H,3-4,7-10,18H2,1H3. The Kier molecular flexibility index (Phi) is 5.46. The normalized spacial score (nSPS) is 21.9. The van der Waals surface area contributed by atoms with Gasteiger partial charge in [-0.05, 0) is 31.4 Å². The van der Waals surface area contributed by atoms with Gasteiger partial charge in [0.25, 0.3) is 0 Å². The van der Waals surface area contributed by atoms with Crippen molar-refractivity contribution in [3.05, 3.63) is 35.4 Å². The van der Waals surface area contributed by atoms with E-state index in [1.807, 2.05) is 0 Å². The smallest absolute Gasteiger partial charge is 0.163 e. The molecule has 0 spiro atoms. The van der Waals surface area contributed by atoms with Gasteiger partial charge in [-0.3, -0.25) is 4.90 Å². The summed E-state index contributed by atoms with van der Waals surface area (Å²) >= 11 is 0. The lowest BCUT2D eigenvalue weighted by molar-refractivity contribution is 0.0686. The molecule has 1 aliphatic heterocycles. The summed E-state index contributed by atoms with van der Waals surface area (Å²) in [5.41, 5.74) is 6.16. The maximum absolute atomic E-state index is 14.0. The highest BCUT2D eigenvalue weighted by Crippen LogP contribution is 2.28. The highest BCUT2D eigenvalue weighted by atomic mass is 19.2. The van der Waals surface area contributed by atoms with Gasteiger partial charge in [-0.25, -0.2) is 8.78 Å². The maximum Gasteiger partial charge on any atom is 0.163 e. The van der Waals surface area contributed by atoms with Crippen LogP contribution >= 0.6 is 0 Å². The lowest BCUT2D eigenvalue weighted by atomic mass is 9.95. The Bertz CT molecular complexity index is 440. The molecule has 0 bridgehead atoms. The van der Waals surface area contributed by atoms with E-state index in [0.29, 0.717) is 18.1 Å². The number of rotatable bonds is 5. The average Bonchev–Trinajstić information content (AvgIpc) is 2.45. The molecular weight excluding hydrogens is 262 g/mol. The number of hydrogen-bond acceptors (Lipinski definition) is 3. The van der Waals surface area contributed by atoms with Crippen LogP contribution in [0.25, 0.3) is 0 Å². The van der Waals surface area contributed by atoms with Crippen LogP contribution in [-0.4, -0.2) is 38.3 Å². The highest BCUT2D eigenvalue weighted by molar-refractivity contribution is 5.23. The molecule has 5 heteroatoms. The van der Waals surface area contributed by atoms with Gasteiger partial charge in [0.15, 0.2) is 11.6 Å². The first-order valence-electron chi connectivity index (χ1n) is 7.04. The fourth-order valence-electron chi connectivity index (χ4n) is 3.00. The third kappa shape index (κ3) is 3.34. The van der Waals surface area contributed by atoms with Crippen LogP contribution in [0.2, 0.25) is 0 Å². The minimum atomic E-state index is -0.814. The summed E-state index contributed by atoms with van der Waals surface area (Å²) < 4.78 is 32.5. The quantitative estimate of drug-likeness (QED) is 0.902. The highest BCUT2D eigenvalue weighted by Gasteiger charge is 2.28. The van der Waals surface area contributed by atoms with Crippen LogP contribution in [0.15, 0.2) is 18.2 Å². The van der Waals surface area contributed by atoms with E-state index in [1.165, 1.54) is 6.07 Å². The molecule has 0 aromatic heterocycles. The first-order chi connectivity index (χ1) is 9.67. The van der Waals surface area contributed by atoms with Crippen molar-refractivity contribution < 1.29 is 13.5 Å². The fourth-order valence-corrected chi connectivity index (χ4v) is 3.00. The zero-order chi connectivity index (χ0) is 14.5. The second kappa shape index (κ2) is 7.11. The van der Waals surface area contributed by atoms with Crippen LogP contribution < -0.4 is 5.73 Å². The molecule has 1 aromatic carbocycles. The summed E-state index contributed by atoms with van der Waals surface area (Å²) in [6, 6.07) is 4.02. The monoisotopic (exact) mass is 284 g/mol. The number of halogens is 2. The summed E-state index contributed by atoms with van der Waals surface area (Å²) in [6.07, 6.45) is 2.13. The van der Waals surface area contributed by atoms with E-state index in [1.54, 1.807) is 13.2 Å². The van der Waals surface area contributed by atoms with Crippen LogP contribution in [0, 0.1) is 17.6 Å². The van der Waals surface area contributed by atoms with Gasteiger partial charge in [-0.15, -0.1) is 0 Å². The van der Waals surface area contributed by atoms with Crippen molar-refractivity contribution >= 4 is 0 Å². The van der Waals surface area contributed by atoms with E-state index in [0.717, 1.165) is 32.0 Å². The summed E-state index contributed by atoms with van der Waals surface area (Å²) in [4.78, 5) is 2.14. The van der Waals surface area contributed by atoms with Crippen LogP contribution in [0.1, 0.15) is 24.4 Å². The number of benzene rings is 1. The Balaban J connectivity index is 2.17. The van der Waals surface area contributed by atoms with Crippen molar-refractivity contribution in [3.8, 4) is 0 Å². The number of hydrogen-bond donors (Lipinski definition) is 1. The van der Waals surface area contributed by atoms with Gasteiger partial charge < -0.3 is 10.5 Å². The summed E-state index contributed by atoms with van der Waals surface area (Å²) in [5.74, 6) is -1.16. The zero-order valence-corrected chi connectivity index (χ0v) is 11.8. The van der Waals surface area contributed by atoms with Crippen molar-refractivity contribution in [2.75, 3.05) is 33.4 Å². The average molecular weight is 284 g/mol. The predicted octanol–water partition coefficient (Wildman–Crippen LogP) is 2.32. The van der Waals surface area contributed by atoms with Gasteiger partial charge in [0.05, 0.1) is 12.6 Å². The number of nitrogens with two attached hydrogens (primary N) is 1. The van der Waals surface area contributed by atoms with E-state index < -0.39 is 11.6 Å². The number of nitrogens with zero attached hydrogens (tertiary/aromatic N) is 1. The topological polar surface area (TPSA) is 38.5 Å². The lowest BCUT2D eigenvalue weighted by Gasteiger charge is -2.38. The van der Waals surface area contributed by atoms with Crippen molar-refractivity contribution in [2.45, 2.75) is 18.9 Å². The van der Waals surface area contributed by atoms with Crippen LogP contribution in [0.4, 0.5) is 8.78 Å². The van der Waals surface area contributed by atoms with Crippen LogP contribution in [0.3, 0.4) is 0 Å². The Hall–Kier alpha value is -1.04. The number of likely N-dealkylation sites (tertiary alicyclic amines) is 1. The molecule has 1 fully saturated rings. The molecule has 2 rings (SSSR count). The second-order valence-electron chi connectivity index (χ2n) is 5.35. The van der Waals surface area contributed by atoms with Crippen molar-refractivity contribution in [1.29, 1.82) is 0 Å². The van der Waals surface area contributed by atoms with E-state index in [9.17, 15) is 8.78 Å². The second-order valence-corrected chi connectivity index (χ2v) is 5.35. The molecule has 2 atom stereocenters. The van der Waals surface area contributed by atoms with Gasteiger partial charge >= 0.3 is 0 Å². The van der Waals surface area contributed by atoms with Gasteiger partial charge in [0, 0.05) is 25.8 Å². The zero-order valence-electron chi connectivity index (χ0n) is 11.8. The van der Waals surface area contributed by atoms with E-state index >= 15 is 0 Å². The molecule has 0 aliphatic carbocycles. The minimum Gasteiger partial charge on any atom is -0.384 e. The molecule has 1 saturated heterocycles. The van der Waals surface area contributed by atoms with Gasteiger partial charge in [0.1, 0.15) is 0 Å². The molecule has 2 N–H and O–H groups in total. The van der Waals surface area contributed by atoms with E-state index in [-0.39, 0.29) is 12.6 Å². The van der Waals surface area contributed by atoms with Gasteiger partial charge in [-0.2, -0.15) is 0 Å². The number of piperidine rings is 1. The molecule has 3 nitrogen and oxygen atoms in total. The maximum atomic E-state index is 14.0. The molecule has 0 saturated carbocycles. The van der Waals surface area contributed by atoms with E-state index in [4.69, 9.17) is 10.5 Å². The molecule has 112 valence electrons. The third-order valence-electron chi connectivity index (χ3n) is 3.96. The lowest BCUT2D eigenvalue weighted by Crippen LogP contribution is -2.42. The molecule has 1 heterocycles. The predicted molar refractivity (Wildman–Crippen MR) is 74.3 cm³/mol. The molecular formula is C15H22F2N2O. The number of ether oxygens (including phenoxy) is 1. The molecule has 1 aliphatic rings. The summed E-state index contributed by atoms with van der Waals surface area (Å²) in [7, 11) is 1.69. The van der Waals surface area contributed by atoms with Gasteiger partial charge in [0.2, 0.25) is 0 Å².